The van der Waals surface area contributed by atoms with Crippen molar-refractivity contribution in [3.8, 4) is 17.0 Å². The van der Waals surface area contributed by atoms with Gasteiger partial charge in [0.2, 0.25) is 17.7 Å². The van der Waals surface area contributed by atoms with Gasteiger partial charge in [-0.3, -0.25) is 19.3 Å². The number of thiazole rings is 1. The topological polar surface area (TPSA) is 88.6 Å². The van der Waals surface area contributed by atoms with Gasteiger partial charge in [0, 0.05) is 30.3 Å². The van der Waals surface area contributed by atoms with Crippen LogP contribution in [0.3, 0.4) is 0 Å². The second-order valence-electron chi connectivity index (χ2n) is 8.08. The number of likely N-dealkylation sites (tertiary alicyclic amines) is 1. The van der Waals surface area contributed by atoms with Crippen LogP contribution in [0.5, 0.6) is 5.75 Å². The predicted molar refractivity (Wildman–Crippen MR) is 112 cm³/mol. The number of benzene rings is 1. The Balaban J connectivity index is 1.19. The number of rotatable bonds is 5. The van der Waals surface area contributed by atoms with E-state index in [1.807, 2.05) is 17.5 Å². The first kappa shape index (κ1) is 19.2. The van der Waals surface area contributed by atoms with E-state index in [0.29, 0.717) is 11.7 Å². The molecule has 3 aliphatic rings. The molecule has 2 atom stereocenters. The number of hydrogen-bond donors (Lipinski definition) is 1. The molecule has 0 unspecified atom stereocenters. The van der Waals surface area contributed by atoms with Crippen molar-refractivity contribution in [2.45, 2.75) is 38.5 Å². The summed E-state index contributed by atoms with van der Waals surface area (Å²) in [5.74, 6) is 0.133. The zero-order chi connectivity index (χ0) is 20.7. The molecule has 2 fully saturated rings. The summed E-state index contributed by atoms with van der Waals surface area (Å²) in [6.07, 6.45) is 4.55. The van der Waals surface area contributed by atoms with Gasteiger partial charge in [-0.05, 0) is 36.6 Å². The molecule has 1 aromatic carbocycles. The molecule has 1 saturated heterocycles. The fourth-order valence-corrected chi connectivity index (χ4v) is 5.39. The third-order valence-corrected chi connectivity index (χ3v) is 6.99. The first-order chi connectivity index (χ1) is 14.6. The summed E-state index contributed by atoms with van der Waals surface area (Å²) >= 11 is 1.36. The van der Waals surface area contributed by atoms with Crippen molar-refractivity contribution in [1.82, 2.24) is 9.88 Å². The molecule has 156 valence electrons. The summed E-state index contributed by atoms with van der Waals surface area (Å²) in [5, 5.41) is 5.22. The SMILES string of the molecule is O=C(CCN1C(=O)[C@H]2CCCC[C@H]2C1=O)Nc1nc(-c2ccc3c(c2)CCO3)cs1. The van der Waals surface area contributed by atoms with Crippen LogP contribution in [0.4, 0.5) is 5.13 Å². The van der Waals surface area contributed by atoms with Crippen molar-refractivity contribution >= 4 is 34.2 Å². The van der Waals surface area contributed by atoms with Crippen LogP contribution >= 0.6 is 11.3 Å². The van der Waals surface area contributed by atoms with E-state index in [0.717, 1.165) is 49.1 Å². The van der Waals surface area contributed by atoms with Crippen LogP contribution in [-0.4, -0.2) is 40.8 Å². The molecule has 1 aliphatic carbocycles. The second kappa shape index (κ2) is 7.83. The Bertz CT molecular complexity index is 994. The summed E-state index contributed by atoms with van der Waals surface area (Å²) in [6.45, 7) is 0.847. The van der Waals surface area contributed by atoms with Gasteiger partial charge in [0.05, 0.1) is 24.1 Å². The van der Waals surface area contributed by atoms with Crippen LogP contribution < -0.4 is 10.1 Å². The minimum absolute atomic E-state index is 0.0853. The van der Waals surface area contributed by atoms with E-state index in [-0.39, 0.29) is 42.5 Å². The quantitative estimate of drug-likeness (QED) is 0.743. The van der Waals surface area contributed by atoms with Crippen molar-refractivity contribution in [1.29, 1.82) is 0 Å². The van der Waals surface area contributed by atoms with E-state index in [1.54, 1.807) is 0 Å². The molecular formula is C22H23N3O4S. The molecule has 7 nitrogen and oxygen atoms in total. The zero-order valence-electron chi connectivity index (χ0n) is 16.6. The standard InChI is InChI=1S/C22H23N3O4S/c26-19(7-9-25-20(27)15-3-1-2-4-16(15)21(25)28)24-22-23-17(12-30-22)13-5-6-18-14(11-13)8-10-29-18/h5-6,11-12,15-16H,1-4,7-10H2,(H,23,24,26)/t15-,16+. The number of carbonyl (C=O) groups excluding carboxylic acids is 3. The van der Waals surface area contributed by atoms with Gasteiger partial charge in [-0.15, -0.1) is 11.3 Å². The van der Waals surface area contributed by atoms with Crippen molar-refractivity contribution in [3.05, 3.63) is 29.1 Å². The predicted octanol–water partition coefficient (Wildman–Crippen LogP) is 3.25. The lowest BCUT2D eigenvalue weighted by Crippen LogP contribution is -2.34. The first-order valence-electron chi connectivity index (χ1n) is 10.5. The minimum Gasteiger partial charge on any atom is -0.493 e. The largest absolute Gasteiger partial charge is 0.493 e. The third-order valence-electron chi connectivity index (χ3n) is 6.23. The number of ether oxygens (including phenoxy) is 1. The maximum Gasteiger partial charge on any atom is 0.233 e. The van der Waals surface area contributed by atoms with Gasteiger partial charge < -0.3 is 10.1 Å². The minimum atomic E-state index is -0.242. The summed E-state index contributed by atoms with van der Waals surface area (Å²) in [4.78, 5) is 43.2. The summed E-state index contributed by atoms with van der Waals surface area (Å²) in [6, 6.07) is 6.00. The Labute approximate surface area is 178 Å². The molecule has 1 aromatic heterocycles. The number of amides is 3. The number of nitrogens with one attached hydrogen (secondary N) is 1. The normalized spacial score (nSPS) is 22.6. The summed E-state index contributed by atoms with van der Waals surface area (Å²) in [5.41, 5.74) is 2.97. The number of imide groups is 1. The Morgan fingerprint density at radius 3 is 2.73 bits per heavy atom. The molecule has 0 bridgehead atoms. The van der Waals surface area contributed by atoms with Crippen molar-refractivity contribution < 1.29 is 19.1 Å². The molecule has 30 heavy (non-hydrogen) atoms. The van der Waals surface area contributed by atoms with Crippen LogP contribution in [-0.2, 0) is 20.8 Å². The molecule has 2 aliphatic heterocycles. The molecule has 5 rings (SSSR count). The van der Waals surface area contributed by atoms with Gasteiger partial charge in [0.15, 0.2) is 5.13 Å². The van der Waals surface area contributed by atoms with E-state index >= 15 is 0 Å². The first-order valence-corrected chi connectivity index (χ1v) is 11.3. The Morgan fingerprint density at radius 2 is 1.97 bits per heavy atom. The molecule has 8 heteroatoms. The average Bonchev–Trinajstić information content (AvgIpc) is 3.46. The lowest BCUT2D eigenvalue weighted by atomic mass is 9.81. The van der Waals surface area contributed by atoms with Gasteiger partial charge in [-0.25, -0.2) is 4.98 Å². The molecule has 1 saturated carbocycles. The highest BCUT2D eigenvalue weighted by Crippen LogP contribution is 2.38. The number of hydrogen-bond acceptors (Lipinski definition) is 6. The number of nitrogens with zero attached hydrogens (tertiary/aromatic N) is 2. The Kier molecular flexibility index (Phi) is 5.02. The molecule has 3 heterocycles. The van der Waals surface area contributed by atoms with Crippen LogP contribution in [0.15, 0.2) is 23.6 Å². The van der Waals surface area contributed by atoms with Gasteiger partial charge in [0.1, 0.15) is 5.75 Å². The average molecular weight is 426 g/mol. The maximum absolute atomic E-state index is 12.5. The highest BCUT2D eigenvalue weighted by molar-refractivity contribution is 7.14. The van der Waals surface area contributed by atoms with Crippen molar-refractivity contribution in [3.63, 3.8) is 0 Å². The van der Waals surface area contributed by atoms with Gasteiger partial charge in [0.25, 0.3) is 0 Å². The van der Waals surface area contributed by atoms with Crippen LogP contribution in [0.1, 0.15) is 37.7 Å². The van der Waals surface area contributed by atoms with Gasteiger partial charge >= 0.3 is 0 Å². The van der Waals surface area contributed by atoms with E-state index in [9.17, 15) is 14.4 Å². The summed E-state index contributed by atoms with van der Waals surface area (Å²) < 4.78 is 5.54. The monoisotopic (exact) mass is 425 g/mol. The molecular weight excluding hydrogens is 402 g/mol. The van der Waals surface area contributed by atoms with E-state index in [1.165, 1.54) is 21.8 Å². The molecule has 2 aromatic rings. The van der Waals surface area contributed by atoms with Gasteiger partial charge in [-0.2, -0.15) is 0 Å². The number of aromatic nitrogens is 1. The molecule has 1 N–H and O–H groups in total. The maximum atomic E-state index is 12.5. The number of carbonyl (C=O) groups is 3. The summed E-state index contributed by atoms with van der Waals surface area (Å²) in [7, 11) is 0. The fraction of sp³-hybridized carbons (Fsp3) is 0.455. The smallest absolute Gasteiger partial charge is 0.233 e. The van der Waals surface area contributed by atoms with E-state index in [2.05, 4.69) is 16.4 Å². The van der Waals surface area contributed by atoms with Crippen molar-refractivity contribution in [2.24, 2.45) is 11.8 Å². The van der Waals surface area contributed by atoms with Crippen molar-refractivity contribution in [2.75, 3.05) is 18.5 Å². The lowest BCUT2D eigenvalue weighted by molar-refractivity contribution is -0.140. The highest BCUT2D eigenvalue weighted by atomic mass is 32.1. The fourth-order valence-electron chi connectivity index (χ4n) is 4.66. The third kappa shape index (κ3) is 3.49. The molecule has 0 radical (unpaired) electrons. The zero-order valence-corrected chi connectivity index (χ0v) is 17.4. The van der Waals surface area contributed by atoms with Crippen LogP contribution in [0.2, 0.25) is 0 Å². The lowest BCUT2D eigenvalue weighted by Gasteiger charge is -2.19. The van der Waals surface area contributed by atoms with E-state index in [4.69, 9.17) is 4.74 Å². The highest BCUT2D eigenvalue weighted by Gasteiger charge is 2.47. The molecule has 3 amide bonds. The van der Waals surface area contributed by atoms with E-state index < -0.39 is 0 Å². The van der Waals surface area contributed by atoms with Crippen LogP contribution in [0, 0.1) is 11.8 Å². The Hall–Kier alpha value is -2.74. The Morgan fingerprint density at radius 1 is 1.20 bits per heavy atom. The molecule has 0 spiro atoms. The number of fused-ring (bicyclic) bond motifs is 2. The van der Waals surface area contributed by atoms with Gasteiger partial charge in [-0.1, -0.05) is 12.8 Å². The number of anilines is 1. The van der Waals surface area contributed by atoms with Crippen LogP contribution in [0.25, 0.3) is 11.3 Å². The second-order valence-corrected chi connectivity index (χ2v) is 8.94.